The van der Waals surface area contributed by atoms with Crippen LogP contribution in [0.25, 0.3) is 0 Å². The molecule has 0 saturated carbocycles. The van der Waals surface area contributed by atoms with Gasteiger partial charge in [-0.15, -0.1) is 6.42 Å². The van der Waals surface area contributed by atoms with Crippen LogP contribution < -0.4 is 5.32 Å². The summed E-state index contributed by atoms with van der Waals surface area (Å²) in [6.07, 6.45) is 7.90. The van der Waals surface area contributed by atoms with Gasteiger partial charge in [-0.05, 0) is 12.3 Å². The van der Waals surface area contributed by atoms with Crippen LogP contribution in [0.3, 0.4) is 0 Å². The molecule has 0 aromatic carbocycles. The second-order valence-corrected chi connectivity index (χ2v) is 4.77. The van der Waals surface area contributed by atoms with E-state index in [1.807, 2.05) is 0 Å². The molecule has 0 aromatic rings. The third-order valence-electron chi connectivity index (χ3n) is 3.24. The summed E-state index contributed by atoms with van der Waals surface area (Å²) >= 11 is 0. The van der Waals surface area contributed by atoms with Crippen molar-refractivity contribution in [1.82, 2.24) is 10.2 Å². The lowest BCUT2D eigenvalue weighted by Crippen LogP contribution is -2.55. The van der Waals surface area contributed by atoms with Crippen LogP contribution in [0.5, 0.6) is 0 Å². The van der Waals surface area contributed by atoms with Crippen molar-refractivity contribution in [2.45, 2.75) is 45.7 Å². The third kappa shape index (κ3) is 3.52. The minimum Gasteiger partial charge on any atom is -0.311 e. The van der Waals surface area contributed by atoms with Gasteiger partial charge in [-0.2, -0.15) is 0 Å². The molecule has 1 fully saturated rings. The van der Waals surface area contributed by atoms with Crippen LogP contribution in [0.2, 0.25) is 0 Å². The molecule has 0 aliphatic carbocycles. The molecular formula is C13H24N2. The van der Waals surface area contributed by atoms with E-state index in [0.717, 1.165) is 26.1 Å². The Morgan fingerprint density at radius 3 is 2.80 bits per heavy atom. The van der Waals surface area contributed by atoms with E-state index in [1.165, 1.54) is 6.42 Å². The average molecular weight is 208 g/mol. The summed E-state index contributed by atoms with van der Waals surface area (Å²) in [4.78, 5) is 2.46. The van der Waals surface area contributed by atoms with Gasteiger partial charge in [0, 0.05) is 25.7 Å². The molecule has 2 nitrogen and oxygen atoms in total. The molecule has 1 aliphatic rings. The van der Waals surface area contributed by atoms with Gasteiger partial charge in [0.15, 0.2) is 0 Å². The first-order valence-corrected chi connectivity index (χ1v) is 6.12. The molecular weight excluding hydrogens is 184 g/mol. The predicted octanol–water partition coefficient (Wildman–Crippen LogP) is 1.72. The van der Waals surface area contributed by atoms with Gasteiger partial charge in [0.2, 0.25) is 0 Å². The molecule has 2 heteroatoms. The Morgan fingerprint density at radius 1 is 1.53 bits per heavy atom. The Hall–Kier alpha value is -0.520. The lowest BCUT2D eigenvalue weighted by Gasteiger charge is -2.38. The topological polar surface area (TPSA) is 15.3 Å². The molecule has 1 rings (SSSR count). The van der Waals surface area contributed by atoms with Gasteiger partial charge in [-0.25, -0.2) is 0 Å². The number of hydrogen-bond donors (Lipinski definition) is 1. The van der Waals surface area contributed by atoms with E-state index in [-0.39, 0.29) is 0 Å². The Kier molecular flexibility index (Phi) is 5.14. The third-order valence-corrected chi connectivity index (χ3v) is 3.24. The number of nitrogens with one attached hydrogen (secondary N) is 1. The normalized spacial score (nSPS) is 25.1. The smallest absolute Gasteiger partial charge is 0.0712 e. The molecule has 1 heterocycles. The van der Waals surface area contributed by atoms with E-state index in [4.69, 9.17) is 6.42 Å². The van der Waals surface area contributed by atoms with E-state index in [1.54, 1.807) is 0 Å². The maximum atomic E-state index is 5.60. The first-order valence-electron chi connectivity index (χ1n) is 6.12. The molecule has 2 unspecified atom stereocenters. The molecule has 0 aromatic heterocycles. The predicted molar refractivity (Wildman–Crippen MR) is 65.7 cm³/mol. The summed E-state index contributed by atoms with van der Waals surface area (Å²) in [6, 6.07) is 0.949. The fourth-order valence-corrected chi connectivity index (χ4v) is 2.18. The Balaban J connectivity index is 2.51. The summed E-state index contributed by atoms with van der Waals surface area (Å²) in [5.74, 6) is 3.62. The molecule has 0 amide bonds. The zero-order valence-corrected chi connectivity index (χ0v) is 10.3. The second-order valence-electron chi connectivity index (χ2n) is 4.77. The van der Waals surface area contributed by atoms with Crippen LogP contribution in [0.15, 0.2) is 0 Å². The maximum Gasteiger partial charge on any atom is 0.0712 e. The summed E-state index contributed by atoms with van der Waals surface area (Å²) in [5.41, 5.74) is 0. The first-order chi connectivity index (χ1) is 7.19. The van der Waals surface area contributed by atoms with Gasteiger partial charge in [0.1, 0.15) is 0 Å². The van der Waals surface area contributed by atoms with E-state index < -0.39 is 0 Å². The van der Waals surface area contributed by atoms with Crippen LogP contribution in [0, 0.1) is 18.3 Å². The van der Waals surface area contributed by atoms with Crippen molar-refractivity contribution in [2.24, 2.45) is 5.92 Å². The Bertz CT molecular complexity index is 217. The monoisotopic (exact) mass is 208 g/mol. The molecule has 0 radical (unpaired) electrons. The quantitative estimate of drug-likeness (QED) is 0.708. The maximum absolute atomic E-state index is 5.60. The zero-order valence-electron chi connectivity index (χ0n) is 10.3. The van der Waals surface area contributed by atoms with E-state index in [2.05, 4.69) is 36.9 Å². The first kappa shape index (κ1) is 12.5. The van der Waals surface area contributed by atoms with Gasteiger partial charge >= 0.3 is 0 Å². The molecule has 1 aliphatic heterocycles. The molecule has 86 valence electrons. The van der Waals surface area contributed by atoms with Crippen molar-refractivity contribution >= 4 is 0 Å². The lowest BCUT2D eigenvalue weighted by atomic mass is 10.00. The van der Waals surface area contributed by atoms with Gasteiger partial charge in [-0.3, -0.25) is 4.90 Å². The largest absolute Gasteiger partial charge is 0.311 e. The van der Waals surface area contributed by atoms with Crippen molar-refractivity contribution in [3.05, 3.63) is 0 Å². The van der Waals surface area contributed by atoms with Crippen LogP contribution in [0.4, 0.5) is 0 Å². The molecule has 0 spiro atoms. The van der Waals surface area contributed by atoms with E-state index >= 15 is 0 Å². The van der Waals surface area contributed by atoms with Crippen LogP contribution in [-0.2, 0) is 0 Å². The van der Waals surface area contributed by atoms with E-state index in [0.29, 0.717) is 18.0 Å². The van der Waals surface area contributed by atoms with Crippen molar-refractivity contribution in [2.75, 3.05) is 19.6 Å². The van der Waals surface area contributed by atoms with Crippen molar-refractivity contribution in [3.63, 3.8) is 0 Å². The lowest BCUT2D eigenvalue weighted by molar-refractivity contribution is 0.146. The Morgan fingerprint density at radius 2 is 2.27 bits per heavy atom. The summed E-state index contributed by atoms with van der Waals surface area (Å²) in [6.45, 7) is 10.0. The number of rotatable bonds is 4. The fourth-order valence-electron chi connectivity index (χ4n) is 2.18. The van der Waals surface area contributed by atoms with Crippen LogP contribution >= 0.6 is 0 Å². The van der Waals surface area contributed by atoms with Crippen molar-refractivity contribution in [3.8, 4) is 12.3 Å². The van der Waals surface area contributed by atoms with Gasteiger partial charge in [0.05, 0.1) is 6.04 Å². The number of hydrogen-bond acceptors (Lipinski definition) is 2. The SMILES string of the molecule is C#CC(CCC)N1CCNC(C(C)C)C1. The van der Waals surface area contributed by atoms with Gasteiger partial charge in [0.25, 0.3) is 0 Å². The number of terminal acetylenes is 1. The van der Waals surface area contributed by atoms with E-state index in [9.17, 15) is 0 Å². The second kappa shape index (κ2) is 6.15. The Labute approximate surface area is 94.4 Å². The highest BCUT2D eigenvalue weighted by molar-refractivity contribution is 5.01. The molecule has 0 bridgehead atoms. The highest BCUT2D eigenvalue weighted by atomic mass is 15.2. The highest BCUT2D eigenvalue weighted by Gasteiger charge is 2.25. The zero-order chi connectivity index (χ0) is 11.3. The van der Waals surface area contributed by atoms with Crippen molar-refractivity contribution in [1.29, 1.82) is 0 Å². The summed E-state index contributed by atoms with van der Waals surface area (Å²) in [7, 11) is 0. The summed E-state index contributed by atoms with van der Waals surface area (Å²) in [5, 5.41) is 3.56. The van der Waals surface area contributed by atoms with Gasteiger partial charge in [-0.1, -0.05) is 33.1 Å². The molecule has 2 atom stereocenters. The minimum atomic E-state index is 0.346. The van der Waals surface area contributed by atoms with Crippen molar-refractivity contribution < 1.29 is 0 Å². The highest BCUT2D eigenvalue weighted by Crippen LogP contribution is 2.13. The molecule has 1 N–H and O–H groups in total. The fraction of sp³-hybridized carbons (Fsp3) is 0.846. The van der Waals surface area contributed by atoms with Crippen LogP contribution in [0.1, 0.15) is 33.6 Å². The average Bonchev–Trinajstić information content (AvgIpc) is 2.26. The molecule has 15 heavy (non-hydrogen) atoms. The standard InChI is InChI=1S/C13H24N2/c1-5-7-12(6-2)15-9-8-14-13(10-15)11(3)4/h2,11-14H,5,7-10H2,1,3-4H3. The van der Waals surface area contributed by atoms with Gasteiger partial charge < -0.3 is 5.32 Å². The number of piperazine rings is 1. The number of nitrogens with zero attached hydrogens (tertiary/aromatic N) is 1. The minimum absolute atomic E-state index is 0.346. The summed E-state index contributed by atoms with van der Waals surface area (Å²) < 4.78 is 0. The van der Waals surface area contributed by atoms with Crippen LogP contribution in [-0.4, -0.2) is 36.6 Å². The molecule has 1 saturated heterocycles.